The summed E-state index contributed by atoms with van der Waals surface area (Å²) >= 11 is 0. The fourth-order valence-electron chi connectivity index (χ4n) is 2.81. The number of anilines is 1. The molecule has 4 aromatic rings. The molecule has 168 valence electrons. The maximum atomic E-state index is 9.22. The van der Waals surface area contributed by atoms with Crippen LogP contribution in [0.5, 0.6) is 0 Å². The van der Waals surface area contributed by atoms with E-state index in [2.05, 4.69) is 68.3 Å². The molecule has 0 aliphatic carbocycles. The zero-order chi connectivity index (χ0) is 23.9. The molecule has 6 nitrogen and oxygen atoms in total. The molecule has 6 N–H and O–H groups in total. The summed E-state index contributed by atoms with van der Waals surface area (Å²) in [5.41, 5.74) is 1.47. The zero-order valence-electron chi connectivity index (χ0n) is 18.6. The van der Waals surface area contributed by atoms with Crippen LogP contribution in [0.1, 0.15) is 0 Å². The molecule has 4 aromatic carbocycles. The van der Waals surface area contributed by atoms with Crippen LogP contribution in [0.25, 0.3) is 21.5 Å². The Bertz CT molecular complexity index is 1000. The molecule has 1 atom stereocenters. The second kappa shape index (κ2) is 15.4. The second-order valence-electron chi connectivity index (χ2n) is 6.74. The Balaban J connectivity index is 0.000000259. The molecule has 0 aromatic heterocycles. The average molecular weight is 452 g/mol. The van der Waals surface area contributed by atoms with Crippen molar-refractivity contribution in [3.63, 3.8) is 0 Å². The highest BCUT2D eigenvalue weighted by Crippen LogP contribution is 2.22. The molecule has 1 unspecified atom stereocenters. The molecular formula is C23H31B2N2O4P. The van der Waals surface area contributed by atoms with Gasteiger partial charge in [0.2, 0.25) is 0 Å². The molecule has 0 radical (unpaired) electrons. The van der Waals surface area contributed by atoms with Gasteiger partial charge in [-0.1, -0.05) is 78.9 Å². The summed E-state index contributed by atoms with van der Waals surface area (Å²) in [6.07, 6.45) is 0. The van der Waals surface area contributed by atoms with Crippen LogP contribution in [0, 0.1) is 0 Å². The van der Waals surface area contributed by atoms with E-state index < -0.39 is 14.2 Å². The van der Waals surface area contributed by atoms with Crippen molar-refractivity contribution in [1.29, 1.82) is 0 Å². The summed E-state index contributed by atoms with van der Waals surface area (Å²) in [6, 6.07) is 27.8. The van der Waals surface area contributed by atoms with Crippen LogP contribution in [0.2, 0.25) is 6.82 Å². The van der Waals surface area contributed by atoms with Crippen LogP contribution >= 0.6 is 9.39 Å². The van der Waals surface area contributed by atoms with E-state index in [1.807, 2.05) is 44.4 Å². The molecule has 0 saturated carbocycles. The molecule has 0 fully saturated rings. The highest BCUT2D eigenvalue weighted by atomic mass is 31.0. The lowest BCUT2D eigenvalue weighted by atomic mass is 9.77. The van der Waals surface area contributed by atoms with Gasteiger partial charge in [0, 0.05) is 11.1 Å². The van der Waals surface area contributed by atoms with Crippen LogP contribution in [0.3, 0.4) is 0 Å². The van der Waals surface area contributed by atoms with E-state index in [9.17, 15) is 10.0 Å². The second-order valence-corrected chi connectivity index (χ2v) is 7.03. The molecule has 0 aliphatic rings. The van der Waals surface area contributed by atoms with Gasteiger partial charge in [0.15, 0.2) is 0 Å². The van der Waals surface area contributed by atoms with Gasteiger partial charge in [-0.2, -0.15) is 0 Å². The Kier molecular flexibility index (Phi) is 13.3. The minimum atomic E-state index is -1.44. The van der Waals surface area contributed by atoms with Crippen molar-refractivity contribution in [2.75, 3.05) is 19.2 Å². The smallest absolute Gasteiger partial charge is 0.427 e. The van der Waals surface area contributed by atoms with Crippen LogP contribution in [0.4, 0.5) is 5.69 Å². The van der Waals surface area contributed by atoms with Gasteiger partial charge < -0.3 is 30.5 Å². The van der Waals surface area contributed by atoms with Gasteiger partial charge in [0.25, 0.3) is 0 Å². The van der Waals surface area contributed by atoms with Gasteiger partial charge in [-0.3, -0.25) is 0 Å². The van der Waals surface area contributed by atoms with Crippen molar-refractivity contribution in [3.05, 3.63) is 84.9 Å². The zero-order valence-corrected chi connectivity index (χ0v) is 19.8. The quantitative estimate of drug-likeness (QED) is 0.206. The number of hydrogen-bond acceptors (Lipinski definition) is 6. The molecule has 0 aliphatic heterocycles. The van der Waals surface area contributed by atoms with Crippen LogP contribution < -0.4 is 15.9 Å². The summed E-state index contributed by atoms with van der Waals surface area (Å²) in [5.74, 6) is 0. The first-order chi connectivity index (χ1) is 15.3. The van der Waals surface area contributed by atoms with Crippen molar-refractivity contribution < 1.29 is 20.1 Å². The Morgan fingerprint density at radius 2 is 1.03 bits per heavy atom. The van der Waals surface area contributed by atoms with Crippen LogP contribution in [-0.4, -0.2) is 48.4 Å². The van der Waals surface area contributed by atoms with Gasteiger partial charge in [-0.15, -0.1) is 0 Å². The van der Waals surface area contributed by atoms with Gasteiger partial charge in [-0.25, -0.2) is 0 Å². The Hall–Kier alpha value is -2.44. The molecular weight excluding hydrogens is 421 g/mol. The molecule has 0 heterocycles. The topological polar surface area (TPSA) is 105 Å². The van der Waals surface area contributed by atoms with Gasteiger partial charge in [0.1, 0.15) is 0 Å². The van der Waals surface area contributed by atoms with Gasteiger partial charge in [0.05, 0.1) is 0 Å². The summed E-state index contributed by atoms with van der Waals surface area (Å²) < 4.78 is 0. The third kappa shape index (κ3) is 9.37. The minimum Gasteiger partial charge on any atom is -0.427 e. The van der Waals surface area contributed by atoms with E-state index in [0.717, 1.165) is 16.5 Å². The lowest BCUT2D eigenvalue weighted by Gasteiger charge is -2.09. The molecule has 9 heteroatoms. The first-order valence-electron chi connectivity index (χ1n) is 10.1. The highest BCUT2D eigenvalue weighted by molar-refractivity contribution is 7.18. The standard InChI is InChI=1S/C10H11BNO2P.C10H8.C2H7N.CH5BO2/c13-11(14)9-5-6-10(12-15)8-4-2-1-3-7(8)9;1-2-6-10-8-4-3-7-9(10)5-1;1-3-2;1-2(3)4/h1-6,12-14H,15H2;1-8H;3H,1-2H3;3-4H,1H3. The number of benzene rings is 4. The number of hydrogen-bond donors (Lipinski definition) is 6. The largest absolute Gasteiger partial charge is 0.489 e. The van der Waals surface area contributed by atoms with Gasteiger partial charge in [-0.05, 0) is 58.0 Å². The average Bonchev–Trinajstić information content (AvgIpc) is 2.79. The summed E-state index contributed by atoms with van der Waals surface area (Å²) in [4.78, 5) is 0. The molecule has 0 saturated heterocycles. The fraction of sp³-hybridized carbons (Fsp3) is 0.130. The molecule has 0 bridgehead atoms. The lowest BCUT2D eigenvalue weighted by Crippen LogP contribution is -2.30. The molecule has 4 rings (SSSR count). The SMILES string of the molecule is CB(O)O.CNC.OB(O)c1ccc(NP)c2ccccc12.c1ccc2ccccc2c1. The molecule has 32 heavy (non-hydrogen) atoms. The van der Waals surface area contributed by atoms with Crippen LogP contribution in [-0.2, 0) is 0 Å². The lowest BCUT2D eigenvalue weighted by molar-refractivity contribution is 0.417. The summed E-state index contributed by atoms with van der Waals surface area (Å²) in [5, 5.41) is 43.8. The van der Waals surface area contributed by atoms with E-state index >= 15 is 0 Å². The normalized spacial score (nSPS) is 9.38. The van der Waals surface area contributed by atoms with Gasteiger partial charge >= 0.3 is 14.2 Å². The fourth-order valence-corrected chi connectivity index (χ4v) is 3.06. The van der Waals surface area contributed by atoms with Crippen molar-refractivity contribution in [3.8, 4) is 0 Å². The van der Waals surface area contributed by atoms with Crippen LogP contribution in [0.15, 0.2) is 84.9 Å². The predicted octanol–water partition coefficient (Wildman–Crippen LogP) is 2.49. The van der Waals surface area contributed by atoms with E-state index in [0.29, 0.717) is 5.46 Å². The van der Waals surface area contributed by atoms with Crippen molar-refractivity contribution in [1.82, 2.24) is 5.32 Å². The number of fused-ring (bicyclic) bond motifs is 2. The monoisotopic (exact) mass is 452 g/mol. The summed E-state index contributed by atoms with van der Waals surface area (Å²) in [7, 11) is 3.58. The maximum Gasteiger partial charge on any atom is 0.489 e. The van der Waals surface area contributed by atoms with E-state index in [-0.39, 0.29) is 0 Å². The first kappa shape index (κ1) is 27.6. The van der Waals surface area contributed by atoms with E-state index in [1.165, 1.54) is 17.6 Å². The Morgan fingerprint density at radius 3 is 1.41 bits per heavy atom. The maximum absolute atomic E-state index is 9.22. The highest BCUT2D eigenvalue weighted by Gasteiger charge is 2.15. The third-order valence-corrected chi connectivity index (χ3v) is 4.36. The van der Waals surface area contributed by atoms with Crippen molar-refractivity contribution in [2.45, 2.75) is 6.82 Å². The van der Waals surface area contributed by atoms with Crippen molar-refractivity contribution >= 4 is 56.3 Å². The molecule has 0 amide bonds. The van der Waals surface area contributed by atoms with E-state index in [1.54, 1.807) is 6.07 Å². The minimum absolute atomic E-state index is 0.523. The Labute approximate surface area is 192 Å². The van der Waals surface area contributed by atoms with Crippen molar-refractivity contribution in [2.24, 2.45) is 0 Å². The number of nitrogens with one attached hydrogen (secondary N) is 2. The third-order valence-electron chi connectivity index (χ3n) is 4.05. The van der Waals surface area contributed by atoms with E-state index in [4.69, 9.17) is 10.0 Å². The Morgan fingerprint density at radius 1 is 0.656 bits per heavy atom. The number of rotatable bonds is 2. The molecule has 0 spiro atoms. The predicted molar refractivity (Wildman–Crippen MR) is 142 cm³/mol. The summed E-state index contributed by atoms with van der Waals surface area (Å²) in [6.45, 7) is 1.28. The first-order valence-corrected chi connectivity index (χ1v) is 10.7.